The second kappa shape index (κ2) is 14.2. The van der Waals surface area contributed by atoms with Crippen molar-refractivity contribution in [3.8, 4) is 5.75 Å². The molecule has 0 radical (unpaired) electrons. The van der Waals surface area contributed by atoms with Gasteiger partial charge in [0, 0.05) is 11.5 Å². The van der Waals surface area contributed by atoms with Gasteiger partial charge in [-0.1, -0.05) is 90.2 Å². The highest BCUT2D eigenvalue weighted by Crippen LogP contribution is 2.34. The summed E-state index contributed by atoms with van der Waals surface area (Å²) in [7, 11) is 0. The first-order valence-electron chi connectivity index (χ1n) is 13.2. The van der Waals surface area contributed by atoms with Gasteiger partial charge in [-0.2, -0.15) is 0 Å². The van der Waals surface area contributed by atoms with E-state index < -0.39 is 0 Å². The fourth-order valence-electron chi connectivity index (χ4n) is 5.26. The van der Waals surface area contributed by atoms with Crippen molar-refractivity contribution in [1.82, 2.24) is 0 Å². The normalized spacial score (nSPS) is 26.6. The number of hydrogen-bond acceptors (Lipinski definition) is 3. The van der Waals surface area contributed by atoms with E-state index in [0.29, 0.717) is 5.92 Å². The second-order valence-corrected chi connectivity index (χ2v) is 9.95. The average molecular weight is 431 g/mol. The lowest BCUT2D eigenvalue weighted by Gasteiger charge is -2.29. The van der Waals surface area contributed by atoms with Crippen LogP contribution in [0.5, 0.6) is 5.75 Å². The highest BCUT2D eigenvalue weighted by Gasteiger charge is 2.23. The smallest absolute Gasteiger partial charge is 0.183 e. The Balaban J connectivity index is 1.28. The topological polar surface area (TPSA) is 27.7 Å². The Morgan fingerprint density at radius 3 is 2.00 bits per heavy atom. The number of rotatable bonds is 13. The fraction of sp³-hybridized carbons (Fsp3) is 0.786. The van der Waals surface area contributed by atoms with E-state index in [2.05, 4.69) is 38.1 Å². The first-order valence-corrected chi connectivity index (χ1v) is 13.2. The Kier molecular flexibility index (Phi) is 11.2. The van der Waals surface area contributed by atoms with Gasteiger partial charge < -0.3 is 14.2 Å². The van der Waals surface area contributed by atoms with Crippen LogP contribution in [0.2, 0.25) is 0 Å². The molecule has 1 aromatic carbocycles. The van der Waals surface area contributed by atoms with Gasteiger partial charge >= 0.3 is 0 Å². The third kappa shape index (κ3) is 8.77. The third-order valence-corrected chi connectivity index (χ3v) is 7.27. The highest BCUT2D eigenvalue weighted by atomic mass is 16.7. The molecule has 0 amide bonds. The van der Waals surface area contributed by atoms with Crippen LogP contribution in [0, 0.1) is 17.8 Å². The predicted molar refractivity (Wildman–Crippen MR) is 128 cm³/mol. The van der Waals surface area contributed by atoms with E-state index in [4.69, 9.17) is 14.2 Å². The summed E-state index contributed by atoms with van der Waals surface area (Å²) >= 11 is 0. The summed E-state index contributed by atoms with van der Waals surface area (Å²) in [5.41, 5.74) is 1.10. The second-order valence-electron chi connectivity index (χ2n) is 9.95. The lowest BCUT2D eigenvalue weighted by atomic mass is 9.78. The SMILES string of the molecule is CCCCCC[C@H]1CO[C@H](c2ccc(OCCC[C@H]3CC[C@H](CCC)CC3)cc2)OC1. The van der Waals surface area contributed by atoms with E-state index in [0.717, 1.165) is 43.0 Å². The van der Waals surface area contributed by atoms with Gasteiger partial charge in [-0.25, -0.2) is 0 Å². The molecule has 0 aromatic heterocycles. The molecule has 1 aromatic rings. The minimum absolute atomic E-state index is 0.219. The molecule has 3 heteroatoms. The maximum Gasteiger partial charge on any atom is 0.183 e. The maximum atomic E-state index is 6.00. The Morgan fingerprint density at radius 1 is 0.710 bits per heavy atom. The van der Waals surface area contributed by atoms with Crippen molar-refractivity contribution in [2.24, 2.45) is 17.8 Å². The molecular formula is C28H46O3. The lowest BCUT2D eigenvalue weighted by molar-refractivity contribution is -0.206. The Morgan fingerprint density at radius 2 is 1.35 bits per heavy atom. The Bertz CT molecular complexity index is 568. The molecule has 2 fully saturated rings. The van der Waals surface area contributed by atoms with Crippen LogP contribution >= 0.6 is 0 Å². The molecule has 0 N–H and O–H groups in total. The van der Waals surface area contributed by atoms with E-state index in [9.17, 15) is 0 Å². The number of hydrogen-bond donors (Lipinski definition) is 0. The van der Waals surface area contributed by atoms with Crippen molar-refractivity contribution in [3.05, 3.63) is 29.8 Å². The Hall–Kier alpha value is -1.06. The molecule has 3 rings (SSSR count). The molecule has 0 atom stereocenters. The summed E-state index contributed by atoms with van der Waals surface area (Å²) in [4.78, 5) is 0. The minimum atomic E-state index is -0.219. The summed E-state index contributed by atoms with van der Waals surface area (Å²) in [6.07, 6.45) is 17.3. The zero-order valence-corrected chi connectivity index (χ0v) is 20.2. The summed E-state index contributed by atoms with van der Waals surface area (Å²) < 4.78 is 18.0. The molecule has 0 unspecified atom stereocenters. The van der Waals surface area contributed by atoms with Gasteiger partial charge in [-0.15, -0.1) is 0 Å². The van der Waals surface area contributed by atoms with Crippen LogP contribution < -0.4 is 4.74 Å². The van der Waals surface area contributed by atoms with Crippen LogP contribution in [0.4, 0.5) is 0 Å². The number of unbranched alkanes of at least 4 members (excludes halogenated alkanes) is 3. The quantitative estimate of drug-likeness (QED) is 0.296. The van der Waals surface area contributed by atoms with Gasteiger partial charge in [-0.05, 0) is 43.2 Å². The summed E-state index contributed by atoms with van der Waals surface area (Å²) in [5.74, 6) is 3.44. The summed E-state index contributed by atoms with van der Waals surface area (Å²) in [6, 6.07) is 8.32. The monoisotopic (exact) mass is 430 g/mol. The average Bonchev–Trinajstić information content (AvgIpc) is 2.82. The van der Waals surface area contributed by atoms with Gasteiger partial charge in [0.05, 0.1) is 19.8 Å². The third-order valence-electron chi connectivity index (χ3n) is 7.27. The molecule has 1 heterocycles. The lowest BCUT2D eigenvalue weighted by Crippen LogP contribution is -2.27. The molecule has 0 spiro atoms. The van der Waals surface area contributed by atoms with Crippen molar-refractivity contribution >= 4 is 0 Å². The predicted octanol–water partition coefficient (Wildman–Crippen LogP) is 8.08. The van der Waals surface area contributed by atoms with Crippen LogP contribution in [0.15, 0.2) is 24.3 Å². The summed E-state index contributed by atoms with van der Waals surface area (Å²) in [5, 5.41) is 0. The van der Waals surface area contributed by atoms with Crippen LogP contribution in [-0.4, -0.2) is 19.8 Å². The van der Waals surface area contributed by atoms with Crippen LogP contribution in [0.25, 0.3) is 0 Å². The van der Waals surface area contributed by atoms with E-state index in [1.54, 1.807) is 0 Å². The standard InChI is InChI=1S/C28H46O3/c1-3-5-6-7-10-25-21-30-28(31-22-25)26-16-18-27(19-17-26)29-20-8-11-24-14-12-23(9-4-2)13-15-24/h16-19,23-25,28H,3-15,20-22H2,1-2H3/t23-,24-,25-,28-. The van der Waals surface area contributed by atoms with Gasteiger partial charge in [0.25, 0.3) is 0 Å². The van der Waals surface area contributed by atoms with Crippen molar-refractivity contribution in [2.45, 2.75) is 104 Å². The number of benzene rings is 1. The first kappa shape index (κ1) is 24.6. The molecule has 1 aliphatic carbocycles. The zero-order chi connectivity index (χ0) is 21.7. The molecule has 1 saturated heterocycles. The molecule has 3 nitrogen and oxygen atoms in total. The molecule has 1 saturated carbocycles. The molecule has 176 valence electrons. The highest BCUT2D eigenvalue weighted by molar-refractivity contribution is 5.28. The van der Waals surface area contributed by atoms with Gasteiger partial charge in [0.2, 0.25) is 0 Å². The maximum absolute atomic E-state index is 6.00. The van der Waals surface area contributed by atoms with Gasteiger partial charge in [0.1, 0.15) is 5.75 Å². The van der Waals surface area contributed by atoms with E-state index in [1.807, 2.05) is 0 Å². The molecule has 1 aliphatic heterocycles. The van der Waals surface area contributed by atoms with E-state index in [-0.39, 0.29) is 6.29 Å². The van der Waals surface area contributed by atoms with E-state index in [1.165, 1.54) is 83.5 Å². The van der Waals surface area contributed by atoms with Crippen molar-refractivity contribution in [3.63, 3.8) is 0 Å². The van der Waals surface area contributed by atoms with Crippen molar-refractivity contribution < 1.29 is 14.2 Å². The van der Waals surface area contributed by atoms with E-state index >= 15 is 0 Å². The first-order chi connectivity index (χ1) is 15.3. The van der Waals surface area contributed by atoms with Gasteiger partial charge in [-0.3, -0.25) is 0 Å². The Labute approximate surface area is 191 Å². The van der Waals surface area contributed by atoms with Crippen molar-refractivity contribution in [2.75, 3.05) is 19.8 Å². The zero-order valence-electron chi connectivity index (χ0n) is 20.2. The van der Waals surface area contributed by atoms with Crippen LogP contribution in [0.3, 0.4) is 0 Å². The molecule has 2 aliphatic rings. The molecular weight excluding hydrogens is 384 g/mol. The molecule has 31 heavy (non-hydrogen) atoms. The molecule has 0 bridgehead atoms. The largest absolute Gasteiger partial charge is 0.494 e. The number of ether oxygens (including phenoxy) is 3. The van der Waals surface area contributed by atoms with Gasteiger partial charge in [0.15, 0.2) is 6.29 Å². The summed E-state index contributed by atoms with van der Waals surface area (Å²) in [6.45, 7) is 7.03. The minimum Gasteiger partial charge on any atom is -0.494 e. The van der Waals surface area contributed by atoms with Crippen molar-refractivity contribution in [1.29, 1.82) is 0 Å². The van der Waals surface area contributed by atoms with Crippen LogP contribution in [0.1, 0.15) is 109 Å². The van der Waals surface area contributed by atoms with Crippen LogP contribution in [-0.2, 0) is 9.47 Å². The fourth-order valence-corrected chi connectivity index (χ4v) is 5.26.